The average molecular weight is 485 g/mol. The molecule has 0 aliphatic carbocycles. The Kier molecular flexibility index (Phi) is 4.86. The standard InChI is InChI=1S/C27H13ClN8/c1-36-34-23(33-35-36)10-6-15-5-8-19-21(11-15)22-12-18(28)7-9-20(22)26-25(19)31-27(32-26)24-16(13-29)3-2-4-17(24)14-30/h2-5,7-9,11-12H,1H3,(H,31,32). The van der Waals surface area contributed by atoms with Gasteiger partial charge in [0.25, 0.3) is 0 Å². The Morgan fingerprint density at radius 1 is 0.889 bits per heavy atom. The van der Waals surface area contributed by atoms with Crippen LogP contribution in [0.25, 0.3) is 44.0 Å². The van der Waals surface area contributed by atoms with E-state index in [0.717, 1.165) is 38.1 Å². The third-order valence-electron chi connectivity index (χ3n) is 5.89. The molecule has 168 valence electrons. The molecule has 1 N–H and O–H groups in total. The Morgan fingerprint density at radius 3 is 2.36 bits per heavy atom. The van der Waals surface area contributed by atoms with Crippen LogP contribution in [-0.2, 0) is 7.05 Å². The molecule has 0 aliphatic heterocycles. The summed E-state index contributed by atoms with van der Waals surface area (Å²) in [7, 11) is 1.68. The number of rotatable bonds is 1. The molecular weight excluding hydrogens is 472 g/mol. The SMILES string of the molecule is Cn1nnc(C#Cc2ccc3c(c2)c2cc(Cl)ccc2c2nc(-c4c(C#N)cccc4C#N)[nH]c32)n1. The molecule has 4 aromatic carbocycles. The van der Waals surface area contributed by atoms with Crippen LogP contribution >= 0.6 is 11.6 Å². The fourth-order valence-corrected chi connectivity index (χ4v) is 4.52. The number of H-pyrrole nitrogens is 1. The van der Waals surface area contributed by atoms with E-state index in [-0.39, 0.29) is 0 Å². The summed E-state index contributed by atoms with van der Waals surface area (Å²) in [6.07, 6.45) is 0. The number of nitrogens with one attached hydrogen (secondary N) is 1. The molecule has 0 unspecified atom stereocenters. The third kappa shape index (κ3) is 3.40. The van der Waals surface area contributed by atoms with E-state index in [1.807, 2.05) is 36.4 Å². The summed E-state index contributed by atoms with van der Waals surface area (Å²) in [5.41, 5.74) is 3.52. The van der Waals surface area contributed by atoms with Gasteiger partial charge in [0, 0.05) is 21.4 Å². The Labute approximate surface area is 209 Å². The minimum atomic E-state index is 0.337. The van der Waals surface area contributed by atoms with Crippen LogP contribution in [-0.4, -0.2) is 30.2 Å². The van der Waals surface area contributed by atoms with E-state index in [1.54, 1.807) is 25.2 Å². The van der Waals surface area contributed by atoms with Crippen molar-refractivity contribution in [1.29, 1.82) is 10.5 Å². The molecule has 0 saturated heterocycles. The minimum absolute atomic E-state index is 0.337. The summed E-state index contributed by atoms with van der Waals surface area (Å²) in [6, 6.07) is 20.9. The molecule has 0 saturated carbocycles. The maximum Gasteiger partial charge on any atom is 0.248 e. The van der Waals surface area contributed by atoms with Gasteiger partial charge in [-0.05, 0) is 58.3 Å². The summed E-state index contributed by atoms with van der Waals surface area (Å²) in [5.74, 6) is 6.82. The highest BCUT2D eigenvalue weighted by Crippen LogP contribution is 2.37. The second-order valence-electron chi connectivity index (χ2n) is 8.06. The number of hydrogen-bond acceptors (Lipinski definition) is 6. The lowest BCUT2D eigenvalue weighted by molar-refractivity contribution is 0.629. The number of fused-ring (bicyclic) bond motifs is 6. The number of halogens is 1. The molecule has 0 amide bonds. The molecule has 0 bridgehead atoms. The van der Waals surface area contributed by atoms with Crippen molar-refractivity contribution in [2.24, 2.45) is 7.05 Å². The lowest BCUT2D eigenvalue weighted by Gasteiger charge is -2.07. The summed E-state index contributed by atoms with van der Waals surface area (Å²) < 4.78 is 0. The quantitative estimate of drug-likeness (QED) is 0.263. The monoisotopic (exact) mass is 484 g/mol. The smallest absolute Gasteiger partial charge is 0.248 e. The van der Waals surface area contributed by atoms with E-state index >= 15 is 0 Å². The average Bonchev–Trinajstić information content (AvgIpc) is 3.53. The number of nitrogens with zero attached hydrogens (tertiary/aromatic N) is 7. The van der Waals surface area contributed by atoms with E-state index < -0.39 is 0 Å². The summed E-state index contributed by atoms with van der Waals surface area (Å²) in [5, 5.41) is 35.4. The van der Waals surface area contributed by atoms with Gasteiger partial charge in [0.05, 0.1) is 46.9 Å². The van der Waals surface area contributed by atoms with Gasteiger partial charge in [0.2, 0.25) is 5.82 Å². The van der Waals surface area contributed by atoms with Gasteiger partial charge in [0.15, 0.2) is 0 Å². The number of tetrazole rings is 1. The minimum Gasteiger partial charge on any atom is -0.337 e. The van der Waals surface area contributed by atoms with E-state index in [2.05, 4.69) is 44.4 Å². The summed E-state index contributed by atoms with van der Waals surface area (Å²) in [6.45, 7) is 0. The number of benzene rings is 4. The van der Waals surface area contributed by atoms with Crippen LogP contribution in [0.15, 0.2) is 54.6 Å². The molecule has 0 radical (unpaired) electrons. The van der Waals surface area contributed by atoms with Crippen molar-refractivity contribution < 1.29 is 0 Å². The lowest BCUT2D eigenvalue weighted by atomic mass is 9.98. The Bertz CT molecular complexity index is 1980. The highest BCUT2D eigenvalue weighted by Gasteiger charge is 2.18. The fourth-order valence-electron chi connectivity index (χ4n) is 4.35. The predicted molar refractivity (Wildman–Crippen MR) is 136 cm³/mol. The largest absolute Gasteiger partial charge is 0.337 e. The van der Waals surface area contributed by atoms with Crippen molar-refractivity contribution in [3.63, 3.8) is 0 Å². The number of aromatic nitrogens is 6. The number of aryl methyl sites for hydroxylation is 1. The van der Waals surface area contributed by atoms with E-state index in [4.69, 9.17) is 16.6 Å². The van der Waals surface area contributed by atoms with Crippen molar-refractivity contribution in [2.75, 3.05) is 0 Å². The van der Waals surface area contributed by atoms with E-state index in [9.17, 15) is 10.5 Å². The van der Waals surface area contributed by atoms with Gasteiger partial charge in [0.1, 0.15) is 5.82 Å². The van der Waals surface area contributed by atoms with Crippen molar-refractivity contribution in [3.8, 4) is 35.4 Å². The van der Waals surface area contributed by atoms with Crippen LogP contribution in [0.3, 0.4) is 0 Å². The third-order valence-corrected chi connectivity index (χ3v) is 6.12. The van der Waals surface area contributed by atoms with Crippen LogP contribution in [0.1, 0.15) is 22.5 Å². The predicted octanol–water partition coefficient (Wildman–Crippen LogP) is 4.86. The highest BCUT2D eigenvalue weighted by molar-refractivity contribution is 6.33. The zero-order valence-corrected chi connectivity index (χ0v) is 19.5. The molecule has 2 aromatic heterocycles. The van der Waals surface area contributed by atoms with Gasteiger partial charge in [-0.2, -0.15) is 15.3 Å². The lowest BCUT2D eigenvalue weighted by Crippen LogP contribution is -1.91. The van der Waals surface area contributed by atoms with Crippen LogP contribution in [0.4, 0.5) is 0 Å². The van der Waals surface area contributed by atoms with Crippen molar-refractivity contribution in [2.45, 2.75) is 0 Å². The second-order valence-corrected chi connectivity index (χ2v) is 8.50. The van der Waals surface area contributed by atoms with Crippen LogP contribution in [0.2, 0.25) is 5.02 Å². The van der Waals surface area contributed by atoms with Crippen LogP contribution in [0, 0.1) is 34.5 Å². The zero-order valence-electron chi connectivity index (χ0n) is 18.7. The molecule has 6 aromatic rings. The number of hydrogen-bond donors (Lipinski definition) is 1. The molecule has 2 heterocycles. The van der Waals surface area contributed by atoms with E-state index in [1.165, 1.54) is 4.80 Å². The number of nitriles is 2. The van der Waals surface area contributed by atoms with Gasteiger partial charge in [-0.25, -0.2) is 4.98 Å². The molecule has 0 spiro atoms. The first-order valence-corrected chi connectivity index (χ1v) is 11.2. The first kappa shape index (κ1) is 21.3. The highest BCUT2D eigenvalue weighted by atomic mass is 35.5. The molecule has 8 nitrogen and oxygen atoms in total. The Balaban J connectivity index is 1.65. The maximum absolute atomic E-state index is 9.67. The van der Waals surface area contributed by atoms with Gasteiger partial charge in [-0.15, -0.1) is 5.10 Å². The molecule has 6 rings (SSSR count). The Morgan fingerprint density at radius 2 is 1.64 bits per heavy atom. The van der Waals surface area contributed by atoms with Crippen molar-refractivity contribution in [3.05, 3.63) is 82.1 Å². The first-order chi connectivity index (χ1) is 17.6. The zero-order chi connectivity index (χ0) is 24.8. The van der Waals surface area contributed by atoms with Gasteiger partial charge >= 0.3 is 0 Å². The van der Waals surface area contributed by atoms with Gasteiger partial charge in [-0.1, -0.05) is 40.8 Å². The number of aromatic amines is 1. The van der Waals surface area contributed by atoms with Crippen molar-refractivity contribution >= 4 is 44.2 Å². The van der Waals surface area contributed by atoms with E-state index in [0.29, 0.717) is 33.4 Å². The molecular formula is C27H13ClN8. The van der Waals surface area contributed by atoms with Gasteiger partial charge < -0.3 is 4.98 Å². The molecule has 0 atom stereocenters. The van der Waals surface area contributed by atoms with Crippen LogP contribution < -0.4 is 0 Å². The molecule has 36 heavy (non-hydrogen) atoms. The molecule has 9 heteroatoms. The summed E-state index contributed by atoms with van der Waals surface area (Å²) >= 11 is 6.38. The van der Waals surface area contributed by atoms with Gasteiger partial charge in [-0.3, -0.25) is 0 Å². The summed E-state index contributed by atoms with van der Waals surface area (Å²) in [4.78, 5) is 9.59. The normalized spacial score (nSPS) is 10.8. The maximum atomic E-state index is 9.67. The van der Waals surface area contributed by atoms with Crippen LogP contribution in [0.5, 0.6) is 0 Å². The Hall–Kier alpha value is -5.23. The second kappa shape index (κ2) is 8.21. The molecule has 0 aliphatic rings. The topological polar surface area (TPSA) is 120 Å². The first-order valence-electron chi connectivity index (χ1n) is 10.8. The fraction of sp³-hybridized carbons (Fsp3) is 0.0370. The number of imidazole rings is 1. The molecule has 0 fully saturated rings. The van der Waals surface area contributed by atoms with Crippen molar-refractivity contribution in [1.82, 2.24) is 30.2 Å².